The number of carbonyl (C=O) groups is 1. The molecule has 0 saturated carbocycles. The Bertz CT molecular complexity index is 1210. The van der Waals surface area contributed by atoms with E-state index in [1.54, 1.807) is 0 Å². The zero-order valence-corrected chi connectivity index (χ0v) is 16.1. The molecule has 0 bridgehead atoms. The molecule has 0 aliphatic rings. The first-order valence-electron chi connectivity index (χ1n) is 9.28. The molecule has 0 fully saturated rings. The number of ether oxygens (including phenoxy) is 1. The van der Waals surface area contributed by atoms with Gasteiger partial charge in [-0.2, -0.15) is 5.10 Å². The predicted molar refractivity (Wildman–Crippen MR) is 109 cm³/mol. The molecule has 8 heteroatoms. The Balaban J connectivity index is 1.63. The standard InChI is InChI=1S/C23H16F3N3O2/c24-16-6-9-18(10-7-16)29-13-21(31-14-15-4-2-1-3-5-15)22(28-29)23(30)27-17-8-11-19(25)20(26)12-17/h1-13H,14H2,(H,27,30). The molecule has 0 atom stereocenters. The van der Waals surface area contributed by atoms with Crippen LogP contribution in [0.5, 0.6) is 5.75 Å². The van der Waals surface area contributed by atoms with Crippen molar-refractivity contribution in [3.05, 3.63) is 108 Å². The van der Waals surface area contributed by atoms with Gasteiger partial charge in [-0.1, -0.05) is 30.3 Å². The first kappa shape index (κ1) is 20.2. The van der Waals surface area contributed by atoms with Crippen LogP contribution in [0.4, 0.5) is 18.9 Å². The summed E-state index contributed by atoms with van der Waals surface area (Å²) >= 11 is 0. The molecule has 4 aromatic rings. The second kappa shape index (κ2) is 8.74. The van der Waals surface area contributed by atoms with Crippen molar-refractivity contribution in [2.24, 2.45) is 0 Å². The third kappa shape index (κ3) is 4.75. The van der Waals surface area contributed by atoms with Crippen LogP contribution in [0.1, 0.15) is 16.1 Å². The Kier molecular flexibility index (Phi) is 5.70. The lowest BCUT2D eigenvalue weighted by atomic mass is 10.2. The maximum absolute atomic E-state index is 13.5. The number of anilines is 1. The number of amides is 1. The Hall–Kier alpha value is -4.07. The van der Waals surface area contributed by atoms with Crippen LogP contribution in [-0.4, -0.2) is 15.7 Å². The maximum Gasteiger partial charge on any atom is 0.280 e. The van der Waals surface area contributed by atoms with E-state index in [1.807, 2.05) is 30.3 Å². The molecule has 0 saturated heterocycles. The number of benzene rings is 3. The quantitative estimate of drug-likeness (QED) is 0.468. The number of rotatable bonds is 6. The smallest absolute Gasteiger partial charge is 0.280 e. The summed E-state index contributed by atoms with van der Waals surface area (Å²) in [5.41, 5.74) is 1.39. The molecule has 0 aliphatic carbocycles. The minimum atomic E-state index is -1.09. The molecule has 156 valence electrons. The van der Waals surface area contributed by atoms with Crippen molar-refractivity contribution in [1.29, 1.82) is 0 Å². The van der Waals surface area contributed by atoms with Gasteiger partial charge in [-0.05, 0) is 42.0 Å². The van der Waals surface area contributed by atoms with Gasteiger partial charge in [-0.3, -0.25) is 4.79 Å². The zero-order valence-electron chi connectivity index (χ0n) is 16.1. The lowest BCUT2D eigenvalue weighted by Crippen LogP contribution is -2.14. The van der Waals surface area contributed by atoms with Gasteiger partial charge in [0.05, 0.1) is 11.9 Å². The summed E-state index contributed by atoms with van der Waals surface area (Å²) in [6.45, 7) is 0.182. The SMILES string of the molecule is O=C(Nc1ccc(F)c(F)c1)c1nn(-c2ccc(F)cc2)cc1OCc1ccccc1. The van der Waals surface area contributed by atoms with Crippen molar-refractivity contribution in [2.45, 2.75) is 6.61 Å². The largest absolute Gasteiger partial charge is 0.485 e. The van der Waals surface area contributed by atoms with E-state index < -0.39 is 23.4 Å². The highest BCUT2D eigenvalue weighted by molar-refractivity contribution is 6.04. The van der Waals surface area contributed by atoms with Crippen molar-refractivity contribution in [3.8, 4) is 11.4 Å². The van der Waals surface area contributed by atoms with Crippen LogP contribution < -0.4 is 10.1 Å². The van der Waals surface area contributed by atoms with Crippen LogP contribution >= 0.6 is 0 Å². The first-order chi connectivity index (χ1) is 15.0. The number of hydrogen-bond donors (Lipinski definition) is 1. The number of carbonyl (C=O) groups excluding carboxylic acids is 1. The minimum absolute atomic E-state index is 0.0641. The number of halogens is 3. The summed E-state index contributed by atoms with van der Waals surface area (Å²) in [5.74, 6) is -3.02. The zero-order chi connectivity index (χ0) is 21.8. The Labute approximate surface area is 175 Å². The monoisotopic (exact) mass is 423 g/mol. The van der Waals surface area contributed by atoms with Crippen LogP contribution in [0, 0.1) is 17.5 Å². The lowest BCUT2D eigenvalue weighted by Gasteiger charge is -2.07. The summed E-state index contributed by atoms with van der Waals surface area (Å²) in [7, 11) is 0. The highest BCUT2D eigenvalue weighted by Crippen LogP contribution is 2.23. The summed E-state index contributed by atoms with van der Waals surface area (Å²) in [6, 6.07) is 17.9. The topological polar surface area (TPSA) is 56.2 Å². The van der Waals surface area contributed by atoms with Gasteiger partial charge in [0.1, 0.15) is 12.4 Å². The third-order valence-electron chi connectivity index (χ3n) is 4.40. The van der Waals surface area contributed by atoms with E-state index in [1.165, 1.54) is 41.2 Å². The highest BCUT2D eigenvalue weighted by atomic mass is 19.2. The molecule has 1 N–H and O–H groups in total. The molecule has 1 aromatic heterocycles. The van der Waals surface area contributed by atoms with Crippen molar-refractivity contribution in [1.82, 2.24) is 9.78 Å². The van der Waals surface area contributed by atoms with Crippen molar-refractivity contribution < 1.29 is 22.7 Å². The molecule has 5 nitrogen and oxygen atoms in total. The summed E-state index contributed by atoms with van der Waals surface area (Å²) in [5, 5.41) is 6.73. The molecule has 0 unspecified atom stereocenters. The minimum Gasteiger partial charge on any atom is -0.485 e. The van der Waals surface area contributed by atoms with Gasteiger partial charge in [0.25, 0.3) is 5.91 Å². The highest BCUT2D eigenvalue weighted by Gasteiger charge is 2.20. The van der Waals surface area contributed by atoms with Crippen molar-refractivity contribution >= 4 is 11.6 Å². The van der Waals surface area contributed by atoms with E-state index in [9.17, 15) is 18.0 Å². The van der Waals surface area contributed by atoms with E-state index in [0.29, 0.717) is 5.69 Å². The first-order valence-corrected chi connectivity index (χ1v) is 9.28. The van der Waals surface area contributed by atoms with Crippen LogP contribution in [0.25, 0.3) is 5.69 Å². The van der Waals surface area contributed by atoms with Crippen LogP contribution in [0.3, 0.4) is 0 Å². The van der Waals surface area contributed by atoms with Crippen molar-refractivity contribution in [2.75, 3.05) is 5.32 Å². The Morgan fingerprint density at radius 1 is 0.935 bits per heavy atom. The fourth-order valence-corrected chi connectivity index (χ4v) is 2.85. The molecule has 0 spiro atoms. The molecule has 3 aromatic carbocycles. The van der Waals surface area contributed by atoms with E-state index >= 15 is 0 Å². The van der Waals surface area contributed by atoms with E-state index in [-0.39, 0.29) is 23.7 Å². The maximum atomic E-state index is 13.5. The van der Waals surface area contributed by atoms with Crippen molar-refractivity contribution in [3.63, 3.8) is 0 Å². The fourth-order valence-electron chi connectivity index (χ4n) is 2.85. The van der Waals surface area contributed by atoms with Gasteiger partial charge in [-0.25, -0.2) is 17.9 Å². The molecular formula is C23H16F3N3O2. The fraction of sp³-hybridized carbons (Fsp3) is 0.0435. The van der Waals surface area contributed by atoms with Gasteiger partial charge in [-0.15, -0.1) is 0 Å². The van der Waals surface area contributed by atoms with Gasteiger partial charge in [0.15, 0.2) is 23.1 Å². The van der Waals surface area contributed by atoms with E-state index in [4.69, 9.17) is 4.74 Å². The van der Waals surface area contributed by atoms with E-state index in [2.05, 4.69) is 10.4 Å². The Morgan fingerprint density at radius 2 is 1.68 bits per heavy atom. The molecule has 1 amide bonds. The summed E-state index contributed by atoms with van der Waals surface area (Å²) in [6.07, 6.45) is 1.50. The number of aromatic nitrogens is 2. The second-order valence-electron chi connectivity index (χ2n) is 6.62. The lowest BCUT2D eigenvalue weighted by molar-refractivity contribution is 0.101. The number of nitrogens with zero attached hydrogens (tertiary/aromatic N) is 2. The van der Waals surface area contributed by atoms with Crippen LogP contribution in [0.15, 0.2) is 79.0 Å². The van der Waals surface area contributed by atoms with Gasteiger partial charge < -0.3 is 10.1 Å². The normalized spacial score (nSPS) is 10.7. The summed E-state index contributed by atoms with van der Waals surface area (Å²) < 4.78 is 47.1. The molecule has 31 heavy (non-hydrogen) atoms. The Morgan fingerprint density at radius 3 is 2.39 bits per heavy atom. The van der Waals surface area contributed by atoms with E-state index in [0.717, 1.165) is 17.7 Å². The number of hydrogen-bond acceptors (Lipinski definition) is 3. The molecule has 1 heterocycles. The van der Waals surface area contributed by atoms with Gasteiger partial charge in [0, 0.05) is 11.8 Å². The molecule has 0 aliphatic heterocycles. The second-order valence-corrected chi connectivity index (χ2v) is 6.62. The molecular weight excluding hydrogens is 407 g/mol. The van der Waals surface area contributed by atoms with Crippen LogP contribution in [-0.2, 0) is 6.61 Å². The molecule has 0 radical (unpaired) electrons. The molecule has 4 rings (SSSR count). The number of nitrogens with one attached hydrogen (secondary N) is 1. The summed E-state index contributed by atoms with van der Waals surface area (Å²) in [4.78, 5) is 12.8. The third-order valence-corrected chi connectivity index (χ3v) is 4.40. The van der Waals surface area contributed by atoms with Crippen LogP contribution in [0.2, 0.25) is 0 Å². The van der Waals surface area contributed by atoms with Gasteiger partial charge in [0.2, 0.25) is 0 Å². The average Bonchev–Trinajstić information content (AvgIpc) is 3.20. The predicted octanol–water partition coefficient (Wildman–Crippen LogP) is 5.12. The van der Waals surface area contributed by atoms with Gasteiger partial charge >= 0.3 is 0 Å². The average molecular weight is 423 g/mol.